The molecule has 21 heavy (non-hydrogen) atoms. The van der Waals surface area contributed by atoms with Gasteiger partial charge in [0.15, 0.2) is 0 Å². The van der Waals surface area contributed by atoms with E-state index in [-0.39, 0.29) is 13.0 Å². The molecule has 4 nitrogen and oxygen atoms in total. The molecule has 0 aliphatic carbocycles. The number of benzene rings is 1. The van der Waals surface area contributed by atoms with Crippen LogP contribution in [0.15, 0.2) is 29.2 Å². The largest absolute Gasteiger partial charge is 0.416 e. The maximum absolute atomic E-state index is 12.7. The number of sulfonamides is 1. The molecule has 1 fully saturated rings. The summed E-state index contributed by atoms with van der Waals surface area (Å²) in [7, 11) is -4.17. The number of alkyl halides is 3. The molecule has 8 heteroatoms. The van der Waals surface area contributed by atoms with Gasteiger partial charge in [-0.2, -0.15) is 17.5 Å². The summed E-state index contributed by atoms with van der Waals surface area (Å²) in [6, 6.07) is 3.51. The highest BCUT2D eigenvalue weighted by Gasteiger charge is 2.45. The molecular formula is C13H13F3NO3S. The molecule has 0 amide bonds. The zero-order valence-electron chi connectivity index (χ0n) is 11.1. The Labute approximate surface area is 120 Å². The number of hydrogen-bond acceptors (Lipinski definition) is 3. The summed E-state index contributed by atoms with van der Waals surface area (Å²) in [6.45, 7) is 1.43. The van der Waals surface area contributed by atoms with E-state index in [0.29, 0.717) is 12.4 Å². The first-order chi connectivity index (χ1) is 9.61. The van der Waals surface area contributed by atoms with E-state index in [4.69, 9.17) is 0 Å². The highest BCUT2D eigenvalue weighted by Crippen LogP contribution is 2.35. The van der Waals surface area contributed by atoms with Gasteiger partial charge in [-0.1, -0.05) is 6.07 Å². The molecule has 0 saturated carbocycles. The quantitative estimate of drug-likeness (QED) is 0.803. The summed E-state index contributed by atoms with van der Waals surface area (Å²) in [5.41, 5.74) is -2.30. The van der Waals surface area contributed by atoms with E-state index in [1.165, 1.54) is 6.92 Å². The van der Waals surface area contributed by atoms with Crippen molar-refractivity contribution in [2.24, 2.45) is 0 Å². The third-order valence-electron chi connectivity index (χ3n) is 3.43. The normalized spacial score (nSPS) is 24.2. The standard InChI is InChI=1S/C13H13F3NO3S/c1-12(9-18)6-3-7-17(12)21(19,20)11-5-2-4-10(8-11)13(14,15)16/h2-5,8-9H,6-7H2,1H3/t12-/m0/s1. The summed E-state index contributed by atoms with van der Waals surface area (Å²) in [5, 5.41) is 0. The molecule has 1 aliphatic rings. The van der Waals surface area contributed by atoms with E-state index in [0.717, 1.165) is 22.5 Å². The SMILES string of the molecule is C[C@@]1(C=O)C[CH]CN1S(=O)(=O)c1cccc(C(F)(F)F)c1. The number of carbonyl (C=O) groups excluding carboxylic acids is 1. The van der Waals surface area contributed by atoms with Gasteiger partial charge in [-0.15, -0.1) is 0 Å². The number of hydrogen-bond donors (Lipinski definition) is 0. The van der Waals surface area contributed by atoms with Crippen LogP contribution in [-0.4, -0.2) is 31.1 Å². The number of carbonyl (C=O) groups is 1. The average Bonchev–Trinajstić information content (AvgIpc) is 2.81. The fraction of sp³-hybridized carbons (Fsp3) is 0.385. The molecule has 0 spiro atoms. The predicted molar refractivity (Wildman–Crippen MR) is 68.7 cm³/mol. The highest BCUT2D eigenvalue weighted by molar-refractivity contribution is 7.89. The molecule has 0 aromatic heterocycles. The first-order valence-electron chi connectivity index (χ1n) is 6.09. The molecule has 1 aromatic rings. The molecule has 1 radical (unpaired) electrons. The lowest BCUT2D eigenvalue weighted by atomic mass is 10.0. The Balaban J connectivity index is 2.48. The second-order valence-electron chi connectivity index (χ2n) is 5.03. The van der Waals surface area contributed by atoms with Crippen molar-refractivity contribution in [3.05, 3.63) is 36.2 Å². The number of nitrogens with zero attached hydrogens (tertiary/aromatic N) is 1. The molecule has 1 aromatic carbocycles. The van der Waals surface area contributed by atoms with Gasteiger partial charge in [0.1, 0.15) is 6.29 Å². The fourth-order valence-corrected chi connectivity index (χ4v) is 3.97. The molecule has 1 saturated heterocycles. The minimum absolute atomic E-state index is 0.00613. The summed E-state index contributed by atoms with van der Waals surface area (Å²) < 4.78 is 63.9. The molecule has 0 bridgehead atoms. The zero-order valence-corrected chi connectivity index (χ0v) is 11.9. The van der Waals surface area contributed by atoms with Crippen LogP contribution in [0, 0.1) is 6.42 Å². The maximum atomic E-state index is 12.7. The van der Waals surface area contributed by atoms with Crippen molar-refractivity contribution in [3.63, 3.8) is 0 Å². The Bertz CT molecular complexity index is 657. The summed E-state index contributed by atoms with van der Waals surface area (Å²) in [6.07, 6.45) is -2.29. The van der Waals surface area contributed by atoms with Crippen LogP contribution < -0.4 is 0 Å². The van der Waals surface area contributed by atoms with Crippen LogP contribution in [0.2, 0.25) is 0 Å². The van der Waals surface area contributed by atoms with Crippen molar-refractivity contribution in [3.8, 4) is 0 Å². The van der Waals surface area contributed by atoms with Crippen molar-refractivity contribution in [2.45, 2.75) is 30.0 Å². The third-order valence-corrected chi connectivity index (χ3v) is 5.42. The first-order valence-corrected chi connectivity index (χ1v) is 7.53. The van der Waals surface area contributed by atoms with Gasteiger partial charge < -0.3 is 4.79 Å². The Hall–Kier alpha value is -1.41. The van der Waals surface area contributed by atoms with Gasteiger partial charge in [0, 0.05) is 6.54 Å². The van der Waals surface area contributed by atoms with E-state index in [1.54, 1.807) is 6.42 Å². The van der Waals surface area contributed by atoms with Crippen LogP contribution in [0.4, 0.5) is 13.2 Å². The van der Waals surface area contributed by atoms with E-state index in [9.17, 15) is 26.4 Å². The van der Waals surface area contributed by atoms with Gasteiger partial charge >= 0.3 is 6.18 Å². The summed E-state index contributed by atoms with van der Waals surface area (Å²) in [5.74, 6) is 0. The Morgan fingerprint density at radius 3 is 2.57 bits per heavy atom. The van der Waals surface area contributed by atoms with Crippen molar-refractivity contribution in [1.29, 1.82) is 0 Å². The second-order valence-corrected chi connectivity index (χ2v) is 6.89. The molecule has 0 N–H and O–H groups in total. The minimum Gasteiger partial charge on any atom is -0.301 e. The van der Waals surface area contributed by atoms with E-state index >= 15 is 0 Å². The van der Waals surface area contributed by atoms with Crippen LogP contribution in [0.5, 0.6) is 0 Å². The zero-order chi connectivity index (χ0) is 15.9. The monoisotopic (exact) mass is 320 g/mol. The van der Waals surface area contributed by atoms with Crippen molar-refractivity contribution in [1.82, 2.24) is 4.31 Å². The van der Waals surface area contributed by atoms with Gasteiger partial charge in [-0.25, -0.2) is 8.42 Å². The van der Waals surface area contributed by atoms with Gasteiger partial charge in [0.2, 0.25) is 10.0 Å². The van der Waals surface area contributed by atoms with E-state index in [2.05, 4.69) is 0 Å². The van der Waals surface area contributed by atoms with Crippen molar-refractivity contribution in [2.75, 3.05) is 6.54 Å². The van der Waals surface area contributed by atoms with Gasteiger partial charge in [-0.05, 0) is 38.0 Å². The Morgan fingerprint density at radius 2 is 2.00 bits per heavy atom. The van der Waals surface area contributed by atoms with Crippen molar-refractivity contribution < 1.29 is 26.4 Å². The lowest BCUT2D eigenvalue weighted by Crippen LogP contribution is -2.46. The molecule has 2 rings (SSSR count). The number of rotatable bonds is 3. The lowest BCUT2D eigenvalue weighted by Gasteiger charge is -2.29. The predicted octanol–water partition coefficient (Wildman–Crippen LogP) is 2.26. The van der Waals surface area contributed by atoms with Crippen LogP contribution in [-0.2, 0) is 21.0 Å². The summed E-state index contributed by atoms with van der Waals surface area (Å²) in [4.78, 5) is 10.7. The summed E-state index contributed by atoms with van der Waals surface area (Å²) >= 11 is 0. The molecular weight excluding hydrogens is 307 g/mol. The Kier molecular flexibility index (Phi) is 3.88. The molecule has 0 unspecified atom stereocenters. The molecule has 1 aliphatic heterocycles. The smallest absolute Gasteiger partial charge is 0.301 e. The van der Waals surface area contributed by atoms with Crippen LogP contribution in [0.3, 0.4) is 0 Å². The average molecular weight is 320 g/mol. The fourth-order valence-electron chi connectivity index (χ4n) is 2.22. The molecule has 115 valence electrons. The van der Waals surface area contributed by atoms with Gasteiger partial charge in [0.05, 0.1) is 16.0 Å². The van der Waals surface area contributed by atoms with E-state index < -0.39 is 32.2 Å². The van der Waals surface area contributed by atoms with Crippen molar-refractivity contribution >= 4 is 16.3 Å². The second kappa shape index (κ2) is 5.10. The van der Waals surface area contributed by atoms with Gasteiger partial charge in [0.25, 0.3) is 0 Å². The van der Waals surface area contributed by atoms with Gasteiger partial charge in [-0.3, -0.25) is 0 Å². The molecule has 1 atom stereocenters. The first kappa shape index (κ1) is 16.0. The van der Waals surface area contributed by atoms with Crippen LogP contribution in [0.1, 0.15) is 18.9 Å². The van der Waals surface area contributed by atoms with E-state index in [1.807, 2.05) is 0 Å². The number of aldehydes is 1. The third kappa shape index (κ3) is 2.82. The number of halogens is 3. The topological polar surface area (TPSA) is 54.5 Å². The minimum atomic E-state index is -4.63. The van der Waals surface area contributed by atoms with Crippen LogP contribution >= 0.6 is 0 Å². The van der Waals surface area contributed by atoms with Crippen LogP contribution in [0.25, 0.3) is 0 Å². The maximum Gasteiger partial charge on any atom is 0.416 e. The highest BCUT2D eigenvalue weighted by atomic mass is 32.2. The molecule has 1 heterocycles. The Morgan fingerprint density at radius 1 is 1.33 bits per heavy atom. The lowest BCUT2D eigenvalue weighted by molar-refractivity contribution is -0.137.